The van der Waals surface area contributed by atoms with Crippen molar-refractivity contribution in [2.24, 2.45) is 0 Å². The van der Waals surface area contributed by atoms with Crippen LogP contribution in [0.3, 0.4) is 0 Å². The Morgan fingerprint density at radius 1 is 0.657 bits per heavy atom. The number of carbonyl (C=O) groups is 3. The van der Waals surface area contributed by atoms with Crippen molar-refractivity contribution in [3.63, 3.8) is 0 Å². The summed E-state index contributed by atoms with van der Waals surface area (Å²) in [6, 6.07) is -1.03. The highest BCUT2D eigenvalue weighted by atomic mass is 16.5. The fraction of sp³-hybridized carbons (Fsp3) is 0.893. The number of amides is 2. The van der Waals surface area contributed by atoms with Crippen molar-refractivity contribution in [1.29, 1.82) is 0 Å². The molecule has 0 radical (unpaired) electrons. The molecular weight excluding hydrogens is 444 g/mol. The van der Waals surface area contributed by atoms with Gasteiger partial charge in [0, 0.05) is 26.0 Å². The Morgan fingerprint density at radius 2 is 1.17 bits per heavy atom. The van der Waals surface area contributed by atoms with Crippen molar-refractivity contribution in [2.45, 2.75) is 142 Å². The Hall–Kier alpha value is -1.63. The number of rotatable bonds is 26. The summed E-state index contributed by atoms with van der Waals surface area (Å²) in [4.78, 5) is 35.4. The molecule has 0 aliphatic rings. The Morgan fingerprint density at radius 3 is 1.66 bits per heavy atom. The molecule has 3 N–H and O–H groups in total. The molecule has 7 heteroatoms. The Balaban J connectivity index is 3.65. The van der Waals surface area contributed by atoms with Gasteiger partial charge in [-0.2, -0.15) is 0 Å². The molecule has 0 spiro atoms. The molecule has 0 saturated carbocycles. The molecule has 0 heterocycles. The molecule has 0 fully saturated rings. The molecule has 1 unspecified atom stereocenters. The molecule has 206 valence electrons. The molecule has 0 rings (SSSR count). The predicted molar refractivity (Wildman–Crippen MR) is 142 cm³/mol. The van der Waals surface area contributed by atoms with Crippen LogP contribution in [0.4, 0.5) is 0 Å². The van der Waals surface area contributed by atoms with Gasteiger partial charge in [0.15, 0.2) is 0 Å². The van der Waals surface area contributed by atoms with Gasteiger partial charge in [-0.15, -0.1) is 0 Å². The number of aliphatic carboxylic acids is 1. The van der Waals surface area contributed by atoms with Crippen LogP contribution in [0.15, 0.2) is 0 Å². The van der Waals surface area contributed by atoms with Gasteiger partial charge in [0.05, 0.1) is 6.61 Å². The van der Waals surface area contributed by atoms with Gasteiger partial charge in [-0.25, -0.2) is 4.79 Å². The van der Waals surface area contributed by atoms with Gasteiger partial charge >= 0.3 is 5.97 Å². The molecule has 0 saturated heterocycles. The largest absolute Gasteiger partial charge is 0.480 e. The highest BCUT2D eigenvalue weighted by molar-refractivity contribution is 5.84. The summed E-state index contributed by atoms with van der Waals surface area (Å²) in [5, 5.41) is 14.6. The molecule has 0 aromatic heterocycles. The molecule has 0 aliphatic heterocycles. The molecule has 0 aromatic rings. The third-order valence-electron chi connectivity index (χ3n) is 6.22. The van der Waals surface area contributed by atoms with Crippen LogP contribution in [-0.2, 0) is 19.1 Å². The van der Waals surface area contributed by atoms with Gasteiger partial charge in [-0.1, -0.05) is 104 Å². The molecule has 35 heavy (non-hydrogen) atoms. The van der Waals surface area contributed by atoms with Crippen LogP contribution in [0.25, 0.3) is 0 Å². The third-order valence-corrected chi connectivity index (χ3v) is 6.22. The average molecular weight is 499 g/mol. The van der Waals surface area contributed by atoms with Crippen LogP contribution in [0, 0.1) is 0 Å². The highest BCUT2D eigenvalue weighted by Crippen LogP contribution is 2.13. The summed E-state index contributed by atoms with van der Waals surface area (Å²) in [7, 11) is 0. The van der Waals surface area contributed by atoms with Crippen molar-refractivity contribution < 1.29 is 24.2 Å². The van der Waals surface area contributed by atoms with Gasteiger partial charge in [-0.05, 0) is 19.3 Å². The third kappa shape index (κ3) is 23.9. The number of nitrogens with one attached hydrogen (secondary N) is 2. The number of hydrogen-bond acceptors (Lipinski definition) is 4. The van der Waals surface area contributed by atoms with Gasteiger partial charge in [0.1, 0.15) is 6.04 Å². The standard InChI is InChI=1S/C28H54N2O5/c1-3-5-6-7-8-9-10-11-12-13-14-15-16-17-18-19-27(32)30-25(28(33)34)20-21-26(31)29-22-24-35-23-4-2/h25H,3-24H2,1-2H3,(H,29,31)(H,30,32)(H,33,34). The van der Waals surface area contributed by atoms with Crippen molar-refractivity contribution >= 4 is 17.8 Å². The topological polar surface area (TPSA) is 105 Å². The van der Waals surface area contributed by atoms with Crippen molar-refractivity contribution in [1.82, 2.24) is 10.6 Å². The van der Waals surface area contributed by atoms with Gasteiger partial charge in [0.25, 0.3) is 0 Å². The van der Waals surface area contributed by atoms with Crippen LogP contribution in [0.5, 0.6) is 0 Å². The molecule has 0 bridgehead atoms. The monoisotopic (exact) mass is 498 g/mol. The first-order valence-electron chi connectivity index (χ1n) is 14.4. The predicted octanol–water partition coefficient (Wildman–Crippen LogP) is 6.14. The van der Waals surface area contributed by atoms with Crippen molar-refractivity contribution in [3.8, 4) is 0 Å². The maximum Gasteiger partial charge on any atom is 0.326 e. The molecule has 0 aromatic carbocycles. The van der Waals surface area contributed by atoms with E-state index in [0.29, 0.717) is 26.2 Å². The van der Waals surface area contributed by atoms with Crippen molar-refractivity contribution in [3.05, 3.63) is 0 Å². The quantitative estimate of drug-likeness (QED) is 0.124. The molecular formula is C28H54N2O5. The minimum Gasteiger partial charge on any atom is -0.480 e. The highest BCUT2D eigenvalue weighted by Gasteiger charge is 2.20. The zero-order chi connectivity index (χ0) is 26.0. The van der Waals surface area contributed by atoms with Crippen LogP contribution in [-0.4, -0.2) is 48.7 Å². The van der Waals surface area contributed by atoms with Crippen LogP contribution < -0.4 is 10.6 Å². The van der Waals surface area contributed by atoms with E-state index in [-0.39, 0.29) is 24.7 Å². The summed E-state index contributed by atoms with van der Waals surface area (Å²) >= 11 is 0. The second-order valence-electron chi connectivity index (χ2n) is 9.66. The summed E-state index contributed by atoms with van der Waals surface area (Å²) in [5.41, 5.74) is 0. The summed E-state index contributed by atoms with van der Waals surface area (Å²) in [6.07, 6.45) is 20.4. The van der Waals surface area contributed by atoms with E-state index in [1.54, 1.807) is 0 Å². The molecule has 7 nitrogen and oxygen atoms in total. The van der Waals surface area contributed by atoms with E-state index in [1.807, 2.05) is 6.92 Å². The minimum absolute atomic E-state index is 0.0595. The SMILES string of the molecule is CCCCCCCCCCCCCCCCCC(=O)NC(CCC(=O)NCCOCCC)C(=O)O. The van der Waals surface area contributed by atoms with E-state index in [0.717, 1.165) is 25.7 Å². The normalized spacial score (nSPS) is 11.8. The van der Waals surface area contributed by atoms with E-state index in [2.05, 4.69) is 17.6 Å². The second-order valence-corrected chi connectivity index (χ2v) is 9.66. The second kappa shape index (κ2) is 25.5. The zero-order valence-corrected chi connectivity index (χ0v) is 22.7. The first-order valence-corrected chi connectivity index (χ1v) is 14.4. The van der Waals surface area contributed by atoms with E-state index >= 15 is 0 Å². The van der Waals surface area contributed by atoms with Crippen molar-refractivity contribution in [2.75, 3.05) is 19.8 Å². The lowest BCUT2D eigenvalue weighted by Crippen LogP contribution is -2.41. The van der Waals surface area contributed by atoms with Crippen LogP contribution in [0.2, 0.25) is 0 Å². The summed E-state index contributed by atoms with van der Waals surface area (Å²) in [5.74, 6) is -1.58. The Labute approximate surface area is 214 Å². The number of carboxylic acid groups (broad SMARTS) is 1. The Bertz CT molecular complexity index is 527. The van der Waals surface area contributed by atoms with E-state index < -0.39 is 12.0 Å². The van der Waals surface area contributed by atoms with Gasteiger partial charge in [0.2, 0.25) is 11.8 Å². The number of carboxylic acids is 1. The smallest absolute Gasteiger partial charge is 0.326 e. The lowest BCUT2D eigenvalue weighted by atomic mass is 10.0. The molecule has 2 amide bonds. The number of carbonyl (C=O) groups excluding carboxylic acids is 2. The van der Waals surface area contributed by atoms with E-state index in [1.165, 1.54) is 77.0 Å². The maximum atomic E-state index is 12.1. The lowest BCUT2D eigenvalue weighted by Gasteiger charge is -2.14. The van der Waals surface area contributed by atoms with Gasteiger partial charge in [-0.3, -0.25) is 9.59 Å². The number of unbranched alkanes of at least 4 members (excludes halogenated alkanes) is 14. The van der Waals surface area contributed by atoms with E-state index in [9.17, 15) is 19.5 Å². The maximum absolute atomic E-state index is 12.1. The van der Waals surface area contributed by atoms with Crippen LogP contribution in [0.1, 0.15) is 136 Å². The zero-order valence-electron chi connectivity index (χ0n) is 22.7. The average Bonchev–Trinajstić information content (AvgIpc) is 2.83. The fourth-order valence-corrected chi connectivity index (χ4v) is 4.05. The Kier molecular flexibility index (Phi) is 24.3. The number of hydrogen-bond donors (Lipinski definition) is 3. The minimum atomic E-state index is -1.10. The molecule has 0 aliphatic carbocycles. The van der Waals surface area contributed by atoms with Gasteiger partial charge < -0.3 is 20.5 Å². The molecule has 1 atom stereocenters. The summed E-state index contributed by atoms with van der Waals surface area (Å²) in [6.45, 7) is 5.77. The first kappa shape index (κ1) is 33.4. The first-order chi connectivity index (χ1) is 17.0. The fourth-order valence-electron chi connectivity index (χ4n) is 4.05. The summed E-state index contributed by atoms with van der Waals surface area (Å²) < 4.78 is 5.29. The number of ether oxygens (including phenoxy) is 1. The lowest BCUT2D eigenvalue weighted by molar-refractivity contribution is -0.142. The van der Waals surface area contributed by atoms with Crippen LogP contribution >= 0.6 is 0 Å². The van der Waals surface area contributed by atoms with E-state index in [4.69, 9.17) is 4.74 Å².